The summed E-state index contributed by atoms with van der Waals surface area (Å²) < 4.78 is 2.34. The van der Waals surface area contributed by atoms with Crippen molar-refractivity contribution in [3.8, 4) is 0 Å². The van der Waals surface area contributed by atoms with Gasteiger partial charge in [-0.15, -0.1) is 12.4 Å². The highest BCUT2D eigenvalue weighted by Crippen LogP contribution is 2.30. The zero-order valence-corrected chi connectivity index (χ0v) is 15.5. The number of hydrogen-bond donors (Lipinski definition) is 2. The lowest BCUT2D eigenvalue weighted by molar-refractivity contribution is 0.0954. The molecule has 4 nitrogen and oxygen atoms in total. The van der Waals surface area contributed by atoms with Gasteiger partial charge in [-0.2, -0.15) is 0 Å². The van der Waals surface area contributed by atoms with Gasteiger partial charge in [-0.25, -0.2) is 0 Å². The molecule has 1 aromatic carbocycles. The number of aromatic nitrogens is 1. The molecule has 26 heavy (non-hydrogen) atoms. The minimum absolute atomic E-state index is 0. The number of nitrogen functional groups attached to an aromatic ring is 1. The molecule has 3 N–H and O–H groups in total. The van der Waals surface area contributed by atoms with Crippen LogP contribution in [-0.2, 0) is 19.3 Å². The zero-order chi connectivity index (χ0) is 17.2. The van der Waals surface area contributed by atoms with Crippen LogP contribution in [-0.4, -0.2) is 16.9 Å². The van der Waals surface area contributed by atoms with Gasteiger partial charge < -0.3 is 15.5 Å². The summed E-state index contributed by atoms with van der Waals surface area (Å²) in [5, 5.41) is 3.04. The van der Waals surface area contributed by atoms with Crippen molar-refractivity contribution in [1.82, 2.24) is 9.72 Å². The Kier molecular flexibility index (Phi) is 5.52. The minimum Gasteiger partial charge on any atom is -0.399 e. The number of nitrogens with two attached hydrogens (primary N) is 1. The Hall–Kier alpha value is -2.46. The fourth-order valence-corrected chi connectivity index (χ4v) is 3.88. The van der Waals surface area contributed by atoms with E-state index in [9.17, 15) is 4.79 Å². The van der Waals surface area contributed by atoms with Gasteiger partial charge in [0.1, 0.15) is 0 Å². The van der Waals surface area contributed by atoms with Crippen LogP contribution in [0.15, 0.2) is 48.7 Å². The summed E-state index contributed by atoms with van der Waals surface area (Å²) in [5.74, 6) is -0.0441. The van der Waals surface area contributed by atoms with Crippen LogP contribution in [0.25, 0.3) is 5.52 Å². The maximum Gasteiger partial charge on any atom is 0.251 e. The van der Waals surface area contributed by atoms with Crippen molar-refractivity contribution < 1.29 is 4.79 Å². The second-order valence-electron chi connectivity index (χ2n) is 6.69. The number of aryl methyl sites for hydroxylation is 1. The van der Waals surface area contributed by atoms with E-state index >= 15 is 0 Å². The first-order chi connectivity index (χ1) is 12.2. The Morgan fingerprint density at radius 3 is 2.65 bits per heavy atom. The first-order valence-electron chi connectivity index (χ1n) is 8.97. The Bertz CT molecular complexity index is 915. The third kappa shape index (κ3) is 3.42. The molecule has 1 aliphatic rings. The summed E-state index contributed by atoms with van der Waals surface area (Å²) in [7, 11) is 0. The number of nitrogens with one attached hydrogen (secondary N) is 1. The van der Waals surface area contributed by atoms with Crippen molar-refractivity contribution in [1.29, 1.82) is 0 Å². The molecule has 0 saturated carbocycles. The molecule has 4 rings (SSSR count). The standard InChI is InChI=1S/C21H23N3O.ClH/c22-16-10-8-15(9-11-16)21(25)23-13-12-18-17-5-1-2-6-19(17)24-14-4-3-7-20(18)24;/h3-4,7-11,14H,1-2,5-6,12-13,22H2,(H,23,25);1H. The van der Waals surface area contributed by atoms with Crippen LogP contribution >= 0.6 is 12.4 Å². The molecule has 1 amide bonds. The molecular formula is C21H24ClN3O. The topological polar surface area (TPSA) is 59.5 Å². The molecule has 0 saturated heterocycles. The molecule has 2 heterocycles. The van der Waals surface area contributed by atoms with Gasteiger partial charge in [-0.1, -0.05) is 6.07 Å². The largest absolute Gasteiger partial charge is 0.399 e. The Labute approximate surface area is 159 Å². The normalized spacial score (nSPS) is 13.1. The molecule has 0 atom stereocenters. The van der Waals surface area contributed by atoms with Crippen LogP contribution in [0.4, 0.5) is 5.69 Å². The molecule has 0 spiro atoms. The van der Waals surface area contributed by atoms with Crippen molar-refractivity contribution in [2.24, 2.45) is 0 Å². The van der Waals surface area contributed by atoms with Gasteiger partial charge in [-0.3, -0.25) is 4.79 Å². The van der Waals surface area contributed by atoms with Crippen LogP contribution in [0.1, 0.15) is 40.0 Å². The van der Waals surface area contributed by atoms with Crippen molar-refractivity contribution in [3.63, 3.8) is 0 Å². The van der Waals surface area contributed by atoms with Gasteiger partial charge in [0.15, 0.2) is 0 Å². The van der Waals surface area contributed by atoms with E-state index in [2.05, 4.69) is 34.1 Å². The maximum atomic E-state index is 12.3. The molecule has 0 bridgehead atoms. The van der Waals surface area contributed by atoms with Crippen LogP contribution in [0, 0.1) is 0 Å². The van der Waals surface area contributed by atoms with Gasteiger partial charge in [0.05, 0.1) is 0 Å². The highest BCUT2D eigenvalue weighted by atomic mass is 35.5. The molecule has 136 valence electrons. The van der Waals surface area contributed by atoms with Gasteiger partial charge in [-0.05, 0) is 79.6 Å². The van der Waals surface area contributed by atoms with E-state index in [4.69, 9.17) is 5.73 Å². The van der Waals surface area contributed by atoms with E-state index in [1.165, 1.54) is 35.2 Å². The summed E-state index contributed by atoms with van der Waals surface area (Å²) in [5.41, 5.74) is 12.6. The molecular weight excluding hydrogens is 346 g/mol. The number of pyridine rings is 1. The number of benzene rings is 1. The predicted molar refractivity (Wildman–Crippen MR) is 108 cm³/mol. The van der Waals surface area contributed by atoms with Gasteiger partial charge in [0.2, 0.25) is 0 Å². The minimum atomic E-state index is -0.0441. The number of hydrogen-bond acceptors (Lipinski definition) is 2. The summed E-state index contributed by atoms with van der Waals surface area (Å²) in [4.78, 5) is 12.3. The third-order valence-electron chi connectivity index (χ3n) is 5.10. The lowest BCUT2D eigenvalue weighted by atomic mass is 9.93. The van der Waals surface area contributed by atoms with Crippen molar-refractivity contribution in [2.45, 2.75) is 32.1 Å². The number of amides is 1. The summed E-state index contributed by atoms with van der Waals surface area (Å²) >= 11 is 0. The summed E-state index contributed by atoms with van der Waals surface area (Å²) in [6, 6.07) is 13.4. The highest BCUT2D eigenvalue weighted by molar-refractivity contribution is 5.94. The predicted octanol–water partition coefficient (Wildman–Crippen LogP) is 3.79. The summed E-state index contributed by atoms with van der Waals surface area (Å²) in [6.45, 7) is 0.643. The van der Waals surface area contributed by atoms with Gasteiger partial charge in [0.25, 0.3) is 5.91 Å². The fourth-order valence-electron chi connectivity index (χ4n) is 3.88. The second-order valence-corrected chi connectivity index (χ2v) is 6.69. The molecule has 0 radical (unpaired) electrons. The number of rotatable bonds is 4. The van der Waals surface area contributed by atoms with Gasteiger partial charge in [0, 0.05) is 35.2 Å². The van der Waals surface area contributed by atoms with E-state index in [0.717, 1.165) is 19.3 Å². The fraction of sp³-hybridized carbons (Fsp3) is 0.286. The van der Waals surface area contributed by atoms with Crippen LogP contribution in [0.2, 0.25) is 0 Å². The van der Waals surface area contributed by atoms with E-state index in [1.807, 2.05) is 0 Å². The third-order valence-corrected chi connectivity index (χ3v) is 5.10. The Balaban J connectivity index is 0.00000196. The van der Waals surface area contributed by atoms with Crippen LogP contribution in [0.3, 0.4) is 0 Å². The van der Waals surface area contributed by atoms with Crippen LogP contribution < -0.4 is 11.1 Å². The summed E-state index contributed by atoms with van der Waals surface area (Å²) in [6.07, 6.45) is 7.85. The number of nitrogens with zero attached hydrogens (tertiary/aromatic N) is 1. The number of carbonyl (C=O) groups is 1. The van der Waals surface area contributed by atoms with E-state index in [0.29, 0.717) is 17.8 Å². The average molecular weight is 370 g/mol. The van der Waals surface area contributed by atoms with Gasteiger partial charge >= 0.3 is 0 Å². The Morgan fingerprint density at radius 2 is 1.85 bits per heavy atom. The number of carbonyl (C=O) groups excluding carboxylic acids is 1. The molecule has 2 aromatic heterocycles. The SMILES string of the molecule is Cl.Nc1ccc(C(=O)NCCc2c3c(n4ccccc24)CCCC3)cc1. The average Bonchev–Trinajstić information content (AvgIpc) is 2.97. The smallest absolute Gasteiger partial charge is 0.251 e. The number of anilines is 1. The quantitative estimate of drug-likeness (QED) is 0.687. The van der Waals surface area contributed by atoms with Crippen molar-refractivity contribution >= 4 is 29.5 Å². The first kappa shape index (κ1) is 18.3. The lowest BCUT2D eigenvalue weighted by Gasteiger charge is -2.13. The van der Waals surface area contributed by atoms with E-state index in [-0.39, 0.29) is 18.3 Å². The molecule has 3 aromatic rings. The molecule has 1 aliphatic carbocycles. The lowest BCUT2D eigenvalue weighted by Crippen LogP contribution is -2.25. The van der Waals surface area contributed by atoms with E-state index in [1.54, 1.807) is 24.3 Å². The van der Waals surface area contributed by atoms with E-state index < -0.39 is 0 Å². The number of halogens is 1. The highest BCUT2D eigenvalue weighted by Gasteiger charge is 2.20. The Morgan fingerprint density at radius 1 is 1.08 bits per heavy atom. The monoisotopic (exact) mass is 369 g/mol. The molecule has 5 heteroatoms. The molecule has 0 aliphatic heterocycles. The zero-order valence-electron chi connectivity index (χ0n) is 14.7. The van der Waals surface area contributed by atoms with Crippen molar-refractivity contribution in [2.75, 3.05) is 12.3 Å². The number of fused-ring (bicyclic) bond motifs is 3. The molecule has 0 unspecified atom stereocenters. The first-order valence-corrected chi connectivity index (χ1v) is 8.97. The molecule has 0 fully saturated rings. The second kappa shape index (κ2) is 7.83. The van der Waals surface area contributed by atoms with Crippen LogP contribution in [0.5, 0.6) is 0 Å². The maximum absolute atomic E-state index is 12.3. The van der Waals surface area contributed by atoms with Crippen molar-refractivity contribution in [3.05, 3.63) is 71.0 Å².